The summed E-state index contributed by atoms with van der Waals surface area (Å²) in [5, 5.41) is 3.32. The number of anilines is 2. The van der Waals surface area contributed by atoms with Gasteiger partial charge in [0.15, 0.2) is 0 Å². The van der Waals surface area contributed by atoms with Crippen molar-refractivity contribution in [1.29, 1.82) is 0 Å². The second-order valence-electron chi connectivity index (χ2n) is 7.07. The highest BCUT2D eigenvalue weighted by Gasteiger charge is 2.43. The van der Waals surface area contributed by atoms with Crippen LogP contribution in [0.3, 0.4) is 0 Å². The molecule has 2 heterocycles. The van der Waals surface area contributed by atoms with Crippen molar-refractivity contribution in [1.82, 2.24) is 9.97 Å². The molecule has 29 heavy (non-hydrogen) atoms. The molecule has 1 aromatic heterocycles. The number of ether oxygens (including phenoxy) is 1. The van der Waals surface area contributed by atoms with E-state index < -0.39 is 0 Å². The molecule has 0 bridgehead atoms. The van der Waals surface area contributed by atoms with Gasteiger partial charge in [-0.1, -0.05) is 67.6 Å². The highest BCUT2D eigenvalue weighted by Crippen LogP contribution is 2.38. The first-order valence-electron chi connectivity index (χ1n) is 9.86. The van der Waals surface area contributed by atoms with E-state index in [-0.39, 0.29) is 24.3 Å². The lowest BCUT2D eigenvalue weighted by atomic mass is 9.99. The number of amides is 1. The normalized spacial score (nSPS) is 19.7. The second kappa shape index (κ2) is 8.31. The minimum atomic E-state index is -0.383. The van der Waals surface area contributed by atoms with E-state index in [1.54, 1.807) is 17.2 Å². The van der Waals surface area contributed by atoms with Crippen LogP contribution in [0.1, 0.15) is 43.5 Å². The molecule has 3 aromatic rings. The number of rotatable bonds is 6. The van der Waals surface area contributed by atoms with Crippen molar-refractivity contribution < 1.29 is 9.53 Å². The molecule has 1 aliphatic heterocycles. The summed E-state index contributed by atoms with van der Waals surface area (Å²) in [6.07, 6.45) is 1.78. The molecule has 1 amide bonds. The SMILES string of the molecule is CCC1OC(=O)N(c2ccnc(NC(C)c3ccccc3)n2)C1c1ccccc1. The second-order valence-corrected chi connectivity index (χ2v) is 7.07. The van der Waals surface area contributed by atoms with Crippen LogP contribution >= 0.6 is 0 Å². The summed E-state index contributed by atoms with van der Waals surface area (Å²) < 4.78 is 5.64. The van der Waals surface area contributed by atoms with Gasteiger partial charge in [0.25, 0.3) is 0 Å². The smallest absolute Gasteiger partial charge is 0.416 e. The summed E-state index contributed by atoms with van der Waals surface area (Å²) >= 11 is 0. The van der Waals surface area contributed by atoms with Crippen LogP contribution in [0.25, 0.3) is 0 Å². The molecule has 0 spiro atoms. The Bertz CT molecular complexity index is 965. The molecular formula is C23H24N4O2. The van der Waals surface area contributed by atoms with E-state index in [9.17, 15) is 4.79 Å². The minimum absolute atomic E-state index is 0.0327. The topological polar surface area (TPSA) is 67.3 Å². The Morgan fingerprint density at radius 2 is 1.76 bits per heavy atom. The number of carbonyl (C=O) groups is 1. The van der Waals surface area contributed by atoms with Crippen molar-refractivity contribution in [3.05, 3.63) is 84.1 Å². The van der Waals surface area contributed by atoms with E-state index in [2.05, 4.69) is 34.3 Å². The Balaban J connectivity index is 1.63. The van der Waals surface area contributed by atoms with Gasteiger partial charge in [-0.3, -0.25) is 0 Å². The average molecular weight is 388 g/mol. The zero-order chi connectivity index (χ0) is 20.2. The van der Waals surface area contributed by atoms with Gasteiger partial charge in [0.05, 0.1) is 6.04 Å². The number of hydrogen-bond donors (Lipinski definition) is 1. The fourth-order valence-electron chi connectivity index (χ4n) is 3.66. The van der Waals surface area contributed by atoms with Crippen LogP contribution in [0.15, 0.2) is 72.9 Å². The van der Waals surface area contributed by atoms with Crippen molar-refractivity contribution in [3.63, 3.8) is 0 Å². The van der Waals surface area contributed by atoms with E-state index in [0.717, 1.165) is 17.5 Å². The lowest BCUT2D eigenvalue weighted by Gasteiger charge is -2.24. The third kappa shape index (κ3) is 3.92. The Morgan fingerprint density at radius 3 is 2.45 bits per heavy atom. The van der Waals surface area contributed by atoms with Crippen LogP contribution in [0, 0.1) is 0 Å². The van der Waals surface area contributed by atoms with Crippen molar-refractivity contribution in [2.45, 2.75) is 38.5 Å². The first-order chi connectivity index (χ1) is 14.2. The van der Waals surface area contributed by atoms with Gasteiger partial charge in [0, 0.05) is 6.20 Å². The minimum Gasteiger partial charge on any atom is -0.443 e. The standard InChI is InChI=1S/C23H24N4O2/c1-3-19-21(18-12-8-5-9-13-18)27(23(28)29-19)20-14-15-24-22(26-20)25-16(2)17-10-6-4-7-11-17/h4-16,19,21H,3H2,1-2H3,(H,24,25,26). The number of nitrogens with one attached hydrogen (secondary N) is 1. The molecule has 3 unspecified atom stereocenters. The maximum Gasteiger partial charge on any atom is 0.416 e. The van der Waals surface area contributed by atoms with E-state index in [0.29, 0.717) is 11.8 Å². The van der Waals surface area contributed by atoms with Crippen LogP contribution in [-0.2, 0) is 4.74 Å². The molecule has 1 aliphatic rings. The van der Waals surface area contributed by atoms with Crippen molar-refractivity contribution in [2.75, 3.05) is 10.2 Å². The number of cyclic esters (lactones) is 1. The fraction of sp³-hybridized carbons (Fsp3) is 0.261. The monoisotopic (exact) mass is 388 g/mol. The summed E-state index contributed by atoms with van der Waals surface area (Å²) in [4.78, 5) is 23.3. The Labute approximate surface area is 170 Å². The van der Waals surface area contributed by atoms with Crippen LogP contribution in [0.4, 0.5) is 16.6 Å². The Hall–Kier alpha value is -3.41. The zero-order valence-electron chi connectivity index (χ0n) is 16.5. The Morgan fingerprint density at radius 1 is 1.07 bits per heavy atom. The van der Waals surface area contributed by atoms with E-state index in [4.69, 9.17) is 4.74 Å². The molecule has 1 fully saturated rings. The van der Waals surface area contributed by atoms with Gasteiger partial charge in [-0.05, 0) is 30.5 Å². The number of hydrogen-bond acceptors (Lipinski definition) is 5. The zero-order valence-corrected chi connectivity index (χ0v) is 16.5. The number of carbonyl (C=O) groups excluding carboxylic acids is 1. The molecule has 0 saturated carbocycles. The highest BCUT2D eigenvalue weighted by atomic mass is 16.6. The van der Waals surface area contributed by atoms with Gasteiger partial charge in [-0.15, -0.1) is 0 Å². The van der Waals surface area contributed by atoms with Crippen molar-refractivity contribution in [2.24, 2.45) is 0 Å². The lowest BCUT2D eigenvalue weighted by molar-refractivity contribution is 0.129. The molecule has 3 atom stereocenters. The van der Waals surface area contributed by atoms with E-state index in [1.165, 1.54) is 0 Å². The van der Waals surface area contributed by atoms with Crippen LogP contribution in [0.2, 0.25) is 0 Å². The molecule has 4 rings (SSSR count). The highest BCUT2D eigenvalue weighted by molar-refractivity contribution is 5.90. The summed E-state index contributed by atoms with van der Waals surface area (Å²) in [5.74, 6) is 0.996. The number of aromatic nitrogens is 2. The van der Waals surface area contributed by atoms with Crippen LogP contribution in [-0.4, -0.2) is 22.2 Å². The third-order valence-electron chi connectivity index (χ3n) is 5.16. The summed E-state index contributed by atoms with van der Waals surface area (Å²) in [6.45, 7) is 4.07. The van der Waals surface area contributed by atoms with Crippen molar-refractivity contribution in [3.8, 4) is 0 Å². The van der Waals surface area contributed by atoms with Gasteiger partial charge < -0.3 is 10.1 Å². The first kappa shape index (κ1) is 18.9. The predicted molar refractivity (Wildman–Crippen MR) is 113 cm³/mol. The molecule has 1 saturated heterocycles. The molecule has 1 N–H and O–H groups in total. The maximum atomic E-state index is 12.7. The van der Waals surface area contributed by atoms with Gasteiger partial charge in [-0.2, -0.15) is 4.98 Å². The quantitative estimate of drug-likeness (QED) is 0.634. The molecule has 2 aromatic carbocycles. The van der Waals surface area contributed by atoms with Crippen LogP contribution < -0.4 is 10.2 Å². The lowest BCUT2D eigenvalue weighted by Crippen LogP contribution is -2.30. The largest absolute Gasteiger partial charge is 0.443 e. The third-order valence-corrected chi connectivity index (χ3v) is 5.16. The molecule has 148 valence electrons. The van der Waals surface area contributed by atoms with Crippen molar-refractivity contribution >= 4 is 17.9 Å². The van der Waals surface area contributed by atoms with Gasteiger partial charge in [0.2, 0.25) is 5.95 Å². The van der Waals surface area contributed by atoms with E-state index in [1.807, 2.05) is 55.5 Å². The molecule has 6 heteroatoms. The van der Waals surface area contributed by atoms with Gasteiger partial charge in [-0.25, -0.2) is 14.7 Å². The predicted octanol–water partition coefficient (Wildman–Crippen LogP) is 5.13. The summed E-state index contributed by atoms with van der Waals surface area (Å²) in [6, 6.07) is 21.6. The summed E-state index contributed by atoms with van der Waals surface area (Å²) in [5.41, 5.74) is 2.16. The fourth-order valence-corrected chi connectivity index (χ4v) is 3.66. The van der Waals surface area contributed by atoms with E-state index >= 15 is 0 Å². The number of nitrogens with zero attached hydrogens (tertiary/aromatic N) is 3. The molecule has 0 radical (unpaired) electrons. The van der Waals surface area contributed by atoms with Crippen LogP contribution in [0.5, 0.6) is 0 Å². The van der Waals surface area contributed by atoms with Gasteiger partial charge >= 0.3 is 6.09 Å². The first-order valence-corrected chi connectivity index (χ1v) is 9.86. The number of benzene rings is 2. The Kier molecular flexibility index (Phi) is 5.42. The summed E-state index contributed by atoms with van der Waals surface area (Å²) in [7, 11) is 0. The average Bonchev–Trinajstić information content (AvgIpc) is 3.11. The molecule has 6 nitrogen and oxygen atoms in total. The molecular weight excluding hydrogens is 364 g/mol. The maximum absolute atomic E-state index is 12.7. The van der Waals surface area contributed by atoms with Gasteiger partial charge in [0.1, 0.15) is 18.0 Å². The molecule has 0 aliphatic carbocycles.